The smallest absolute Gasteiger partial charge is 0.0642 e. The Bertz CT molecular complexity index is 349. The zero-order valence-electron chi connectivity index (χ0n) is 8.84. The highest BCUT2D eigenvalue weighted by atomic mass is 79.9. The molecule has 1 aromatic carbocycles. The van der Waals surface area contributed by atoms with E-state index in [1.54, 1.807) is 0 Å². The molecule has 2 rings (SSSR count). The first-order chi connectivity index (χ1) is 7.20. The van der Waals surface area contributed by atoms with Crippen molar-refractivity contribution in [3.8, 4) is 0 Å². The van der Waals surface area contributed by atoms with Crippen LogP contribution >= 0.6 is 27.5 Å². The molecule has 0 aromatic heterocycles. The minimum Gasteiger partial charge on any atom is -0.373 e. The molecule has 0 N–H and O–H groups in total. The van der Waals surface area contributed by atoms with Gasteiger partial charge in [0, 0.05) is 18.9 Å². The average Bonchev–Trinajstić information content (AvgIpc) is 3.01. The summed E-state index contributed by atoms with van der Waals surface area (Å²) in [4.78, 5) is 2.26. The number of benzene rings is 1. The fraction of sp³-hybridized carbons (Fsp3) is 0.500. The van der Waals surface area contributed by atoms with Crippen LogP contribution in [0.3, 0.4) is 0 Å². The number of rotatable bonds is 4. The second-order valence-corrected chi connectivity index (χ2v) is 5.21. The summed E-state index contributed by atoms with van der Waals surface area (Å²) in [6.07, 6.45) is 2.75. The highest BCUT2D eigenvalue weighted by Crippen LogP contribution is 2.33. The first-order valence-electron chi connectivity index (χ1n) is 5.26. The molecule has 1 aromatic rings. The van der Waals surface area contributed by atoms with E-state index in [0.29, 0.717) is 0 Å². The van der Waals surface area contributed by atoms with Gasteiger partial charge in [0.25, 0.3) is 0 Å². The number of halogens is 2. The molecule has 1 aliphatic rings. The molecule has 0 aliphatic heterocycles. The summed E-state index contributed by atoms with van der Waals surface area (Å²) in [7, 11) is 2.12. The normalized spacial score (nSPS) is 15.4. The van der Waals surface area contributed by atoms with Crippen LogP contribution in [0.4, 0.5) is 5.69 Å². The van der Waals surface area contributed by atoms with Gasteiger partial charge in [-0.2, -0.15) is 0 Å². The van der Waals surface area contributed by atoms with Crippen LogP contribution in [0.15, 0.2) is 18.2 Å². The largest absolute Gasteiger partial charge is 0.373 e. The van der Waals surface area contributed by atoms with Gasteiger partial charge in [0.05, 0.1) is 10.7 Å². The Hall–Kier alpha value is -0.210. The molecule has 15 heavy (non-hydrogen) atoms. The lowest BCUT2D eigenvalue weighted by Crippen LogP contribution is -2.20. The molecule has 0 unspecified atom stereocenters. The van der Waals surface area contributed by atoms with Crippen molar-refractivity contribution in [3.05, 3.63) is 28.8 Å². The molecule has 0 heterocycles. The zero-order chi connectivity index (χ0) is 10.8. The number of hydrogen-bond donors (Lipinski definition) is 0. The van der Waals surface area contributed by atoms with Crippen LogP contribution < -0.4 is 4.90 Å². The van der Waals surface area contributed by atoms with E-state index in [1.165, 1.54) is 18.4 Å². The van der Waals surface area contributed by atoms with Gasteiger partial charge in [0.2, 0.25) is 0 Å². The van der Waals surface area contributed by atoms with Crippen molar-refractivity contribution in [3.63, 3.8) is 0 Å². The first kappa shape index (κ1) is 11.3. The quantitative estimate of drug-likeness (QED) is 0.755. The van der Waals surface area contributed by atoms with E-state index in [-0.39, 0.29) is 0 Å². The third kappa shape index (κ3) is 2.88. The Morgan fingerprint density at radius 3 is 2.73 bits per heavy atom. The van der Waals surface area contributed by atoms with E-state index in [0.717, 1.165) is 28.5 Å². The second-order valence-electron chi connectivity index (χ2n) is 4.24. The molecular weight excluding hydrogens is 273 g/mol. The van der Waals surface area contributed by atoms with Crippen molar-refractivity contribution in [2.24, 2.45) is 5.92 Å². The predicted octanol–water partition coefficient (Wildman–Crippen LogP) is 4.08. The first-order valence-corrected chi connectivity index (χ1v) is 6.76. The lowest BCUT2D eigenvalue weighted by atomic mass is 10.2. The van der Waals surface area contributed by atoms with Crippen LogP contribution in [0.25, 0.3) is 0 Å². The fourth-order valence-corrected chi connectivity index (χ4v) is 2.43. The van der Waals surface area contributed by atoms with Gasteiger partial charge in [-0.05, 0) is 36.5 Å². The Morgan fingerprint density at radius 2 is 2.20 bits per heavy atom. The van der Waals surface area contributed by atoms with E-state index in [4.69, 9.17) is 11.6 Å². The van der Waals surface area contributed by atoms with E-state index in [1.807, 2.05) is 6.07 Å². The monoisotopic (exact) mass is 287 g/mol. The molecule has 0 atom stereocenters. The second kappa shape index (κ2) is 4.75. The Balaban J connectivity index is 2.11. The van der Waals surface area contributed by atoms with Gasteiger partial charge in [-0.3, -0.25) is 0 Å². The van der Waals surface area contributed by atoms with E-state index >= 15 is 0 Å². The number of hydrogen-bond acceptors (Lipinski definition) is 1. The van der Waals surface area contributed by atoms with Gasteiger partial charge >= 0.3 is 0 Å². The van der Waals surface area contributed by atoms with E-state index < -0.39 is 0 Å². The van der Waals surface area contributed by atoms with Crippen LogP contribution in [-0.2, 0) is 5.33 Å². The molecule has 0 spiro atoms. The Morgan fingerprint density at radius 1 is 1.47 bits per heavy atom. The highest BCUT2D eigenvalue weighted by molar-refractivity contribution is 9.08. The lowest BCUT2D eigenvalue weighted by molar-refractivity contribution is 0.787. The SMILES string of the molecule is CN(CC1CC1)c1ccc(CBr)cc1Cl. The van der Waals surface area contributed by atoms with Gasteiger partial charge in [0.1, 0.15) is 0 Å². The van der Waals surface area contributed by atoms with Crippen molar-refractivity contribution >= 4 is 33.2 Å². The standard InChI is InChI=1S/C12H15BrClN/c1-15(8-9-2-3-9)12-5-4-10(7-13)6-11(12)14/h4-6,9H,2-3,7-8H2,1H3. The van der Waals surface area contributed by atoms with E-state index in [9.17, 15) is 0 Å². The van der Waals surface area contributed by atoms with Crippen LogP contribution in [0.1, 0.15) is 18.4 Å². The van der Waals surface area contributed by atoms with Gasteiger partial charge in [0.15, 0.2) is 0 Å². The lowest BCUT2D eigenvalue weighted by Gasteiger charge is -2.20. The third-order valence-corrected chi connectivity index (χ3v) is 3.76. The number of nitrogens with zero attached hydrogens (tertiary/aromatic N) is 1. The maximum absolute atomic E-state index is 6.24. The highest BCUT2D eigenvalue weighted by Gasteiger charge is 2.23. The summed E-state index contributed by atoms with van der Waals surface area (Å²) in [5, 5.41) is 1.72. The summed E-state index contributed by atoms with van der Waals surface area (Å²) in [6.45, 7) is 1.13. The Labute approximate surface area is 105 Å². The predicted molar refractivity (Wildman–Crippen MR) is 70.1 cm³/mol. The van der Waals surface area contributed by atoms with Crippen molar-refractivity contribution < 1.29 is 0 Å². The van der Waals surface area contributed by atoms with Crippen LogP contribution in [0.2, 0.25) is 5.02 Å². The van der Waals surface area contributed by atoms with Crippen molar-refractivity contribution in [2.75, 3.05) is 18.5 Å². The fourth-order valence-electron chi connectivity index (χ4n) is 1.73. The number of anilines is 1. The molecule has 1 saturated carbocycles. The molecule has 1 nitrogen and oxygen atoms in total. The summed E-state index contributed by atoms with van der Waals surface area (Å²) >= 11 is 9.68. The van der Waals surface area contributed by atoms with Gasteiger partial charge in [-0.25, -0.2) is 0 Å². The summed E-state index contributed by atoms with van der Waals surface area (Å²) in [6, 6.07) is 6.27. The molecule has 1 fully saturated rings. The average molecular weight is 289 g/mol. The molecular formula is C12H15BrClN. The third-order valence-electron chi connectivity index (χ3n) is 2.81. The molecule has 0 amide bonds. The summed E-state index contributed by atoms with van der Waals surface area (Å²) in [5.41, 5.74) is 2.37. The molecule has 0 bridgehead atoms. The van der Waals surface area contributed by atoms with Gasteiger partial charge < -0.3 is 4.90 Å². The molecule has 0 saturated heterocycles. The molecule has 82 valence electrons. The summed E-state index contributed by atoms with van der Waals surface area (Å²) in [5.74, 6) is 0.891. The maximum Gasteiger partial charge on any atom is 0.0642 e. The minimum absolute atomic E-state index is 0.857. The van der Waals surface area contributed by atoms with Gasteiger partial charge in [-0.15, -0.1) is 0 Å². The van der Waals surface area contributed by atoms with E-state index in [2.05, 4.69) is 40.0 Å². The van der Waals surface area contributed by atoms with Crippen molar-refractivity contribution in [1.82, 2.24) is 0 Å². The van der Waals surface area contributed by atoms with Crippen molar-refractivity contribution in [1.29, 1.82) is 0 Å². The van der Waals surface area contributed by atoms with Gasteiger partial charge in [-0.1, -0.05) is 33.6 Å². The molecule has 1 aliphatic carbocycles. The summed E-state index contributed by atoms with van der Waals surface area (Å²) < 4.78 is 0. The minimum atomic E-state index is 0.857. The Kier molecular flexibility index (Phi) is 3.57. The molecule has 3 heteroatoms. The maximum atomic E-state index is 6.24. The topological polar surface area (TPSA) is 3.24 Å². The molecule has 0 radical (unpaired) electrons. The van der Waals surface area contributed by atoms with Crippen LogP contribution in [0, 0.1) is 5.92 Å². The van der Waals surface area contributed by atoms with Crippen LogP contribution in [0.5, 0.6) is 0 Å². The van der Waals surface area contributed by atoms with Crippen LogP contribution in [-0.4, -0.2) is 13.6 Å². The zero-order valence-corrected chi connectivity index (χ0v) is 11.2. The number of alkyl halides is 1. The van der Waals surface area contributed by atoms with Crippen molar-refractivity contribution in [2.45, 2.75) is 18.2 Å².